The Morgan fingerprint density at radius 3 is 2.40 bits per heavy atom. The van der Waals surface area contributed by atoms with Gasteiger partial charge in [-0.15, -0.1) is 0 Å². The lowest BCUT2D eigenvalue weighted by Crippen LogP contribution is -2.15. The van der Waals surface area contributed by atoms with Gasteiger partial charge in [0, 0.05) is 17.8 Å². The smallest absolute Gasteiger partial charge is 0.366 e. The van der Waals surface area contributed by atoms with E-state index in [1.165, 1.54) is 18.3 Å². The lowest BCUT2D eigenvalue weighted by Gasteiger charge is -2.11. The van der Waals surface area contributed by atoms with Crippen molar-refractivity contribution in [2.24, 2.45) is 5.73 Å². The number of carbonyl (C=O) groups is 1. The average Bonchev–Trinajstić information content (AvgIpc) is 2.37. The van der Waals surface area contributed by atoms with Crippen LogP contribution < -0.4 is 11.3 Å². The zero-order chi connectivity index (χ0) is 14.9. The van der Waals surface area contributed by atoms with Crippen LogP contribution in [-0.2, 0) is 6.18 Å². The fourth-order valence-electron chi connectivity index (χ4n) is 1.79. The number of nitrogens with two attached hydrogens (primary N) is 1. The van der Waals surface area contributed by atoms with Gasteiger partial charge in [-0.05, 0) is 29.3 Å². The monoisotopic (exact) mass is 282 g/mol. The van der Waals surface area contributed by atoms with Gasteiger partial charge in [0.05, 0.1) is 5.56 Å². The largest absolute Gasteiger partial charge is 0.416 e. The molecular formula is C13H9F3N2O2. The SMILES string of the molecule is NC(=O)c1cc(C(F)(F)F)ccc1-c1cc[nH]c(=O)c1. The molecule has 3 N–H and O–H groups in total. The molecular weight excluding hydrogens is 273 g/mol. The van der Waals surface area contributed by atoms with Crippen LogP contribution in [0.2, 0.25) is 0 Å². The highest BCUT2D eigenvalue weighted by molar-refractivity contribution is 6.00. The number of rotatable bonds is 2. The van der Waals surface area contributed by atoms with E-state index in [2.05, 4.69) is 4.98 Å². The maximum atomic E-state index is 12.6. The molecule has 0 aliphatic carbocycles. The van der Waals surface area contributed by atoms with E-state index >= 15 is 0 Å². The summed E-state index contributed by atoms with van der Waals surface area (Å²) in [4.78, 5) is 24.9. The number of alkyl halides is 3. The van der Waals surface area contributed by atoms with Crippen LogP contribution >= 0.6 is 0 Å². The van der Waals surface area contributed by atoms with Gasteiger partial charge in [-0.3, -0.25) is 9.59 Å². The second kappa shape index (κ2) is 4.84. The van der Waals surface area contributed by atoms with Gasteiger partial charge in [0.2, 0.25) is 11.5 Å². The van der Waals surface area contributed by atoms with Crippen LogP contribution in [0.5, 0.6) is 0 Å². The number of H-pyrrole nitrogens is 1. The summed E-state index contributed by atoms with van der Waals surface area (Å²) >= 11 is 0. The number of aromatic amines is 1. The number of nitrogens with one attached hydrogen (secondary N) is 1. The highest BCUT2D eigenvalue weighted by Gasteiger charge is 2.31. The summed E-state index contributed by atoms with van der Waals surface area (Å²) < 4.78 is 37.9. The van der Waals surface area contributed by atoms with Crippen LogP contribution in [0.4, 0.5) is 13.2 Å². The first-order valence-corrected chi connectivity index (χ1v) is 5.49. The van der Waals surface area contributed by atoms with Gasteiger partial charge in [0.15, 0.2) is 0 Å². The standard InChI is InChI=1S/C13H9F3N2O2/c14-13(15,16)8-1-2-9(10(6-8)12(17)20)7-3-4-18-11(19)5-7/h1-6H,(H2,17,20)(H,18,19). The quantitative estimate of drug-likeness (QED) is 0.885. The third-order valence-corrected chi connectivity index (χ3v) is 2.70. The molecule has 1 aromatic heterocycles. The molecule has 1 heterocycles. The summed E-state index contributed by atoms with van der Waals surface area (Å²) in [5.41, 5.74) is 3.91. The van der Waals surface area contributed by atoms with Crippen LogP contribution in [-0.4, -0.2) is 10.9 Å². The van der Waals surface area contributed by atoms with E-state index in [1.807, 2.05) is 0 Å². The molecule has 2 rings (SSSR count). The number of halogens is 3. The summed E-state index contributed by atoms with van der Waals surface area (Å²) in [6.45, 7) is 0. The highest BCUT2D eigenvalue weighted by atomic mass is 19.4. The van der Waals surface area contributed by atoms with Crippen molar-refractivity contribution in [1.29, 1.82) is 0 Å². The Morgan fingerprint density at radius 1 is 1.15 bits per heavy atom. The molecule has 2 aromatic rings. The lowest BCUT2D eigenvalue weighted by molar-refractivity contribution is -0.137. The van der Waals surface area contributed by atoms with Crippen molar-refractivity contribution in [2.45, 2.75) is 6.18 Å². The zero-order valence-corrected chi connectivity index (χ0v) is 9.99. The predicted octanol–water partition coefficient (Wildman–Crippen LogP) is 2.16. The molecule has 0 saturated carbocycles. The fraction of sp³-hybridized carbons (Fsp3) is 0.0769. The summed E-state index contributed by atoms with van der Waals surface area (Å²) in [6.07, 6.45) is -3.24. The number of benzene rings is 1. The predicted molar refractivity (Wildman–Crippen MR) is 66.0 cm³/mol. The van der Waals surface area contributed by atoms with E-state index in [1.54, 1.807) is 0 Å². The van der Waals surface area contributed by atoms with Crippen LogP contribution in [0, 0.1) is 0 Å². The first-order valence-electron chi connectivity index (χ1n) is 5.49. The van der Waals surface area contributed by atoms with Gasteiger partial charge in [0.25, 0.3) is 0 Å². The summed E-state index contributed by atoms with van der Waals surface area (Å²) in [7, 11) is 0. The minimum Gasteiger partial charge on any atom is -0.366 e. The van der Waals surface area contributed by atoms with E-state index in [9.17, 15) is 22.8 Å². The topological polar surface area (TPSA) is 76.0 Å². The fourth-order valence-corrected chi connectivity index (χ4v) is 1.79. The summed E-state index contributed by atoms with van der Waals surface area (Å²) in [6, 6.07) is 5.28. The average molecular weight is 282 g/mol. The molecule has 4 nitrogen and oxygen atoms in total. The minimum atomic E-state index is -4.57. The number of pyridine rings is 1. The summed E-state index contributed by atoms with van der Waals surface area (Å²) in [5.74, 6) is -0.994. The Labute approximate surface area is 111 Å². The summed E-state index contributed by atoms with van der Waals surface area (Å²) in [5, 5.41) is 0. The number of hydrogen-bond acceptors (Lipinski definition) is 2. The molecule has 0 saturated heterocycles. The van der Waals surface area contributed by atoms with Crippen molar-refractivity contribution in [3.05, 3.63) is 58.0 Å². The Morgan fingerprint density at radius 2 is 1.85 bits per heavy atom. The molecule has 0 radical (unpaired) electrons. The maximum absolute atomic E-state index is 12.6. The van der Waals surface area contributed by atoms with Gasteiger partial charge < -0.3 is 10.7 Å². The van der Waals surface area contributed by atoms with Crippen LogP contribution in [0.3, 0.4) is 0 Å². The molecule has 7 heteroatoms. The van der Waals surface area contributed by atoms with Gasteiger partial charge in [-0.2, -0.15) is 13.2 Å². The van der Waals surface area contributed by atoms with Crippen molar-refractivity contribution in [1.82, 2.24) is 4.98 Å². The Bertz CT molecular complexity index is 720. The molecule has 0 atom stereocenters. The van der Waals surface area contributed by atoms with Crippen molar-refractivity contribution < 1.29 is 18.0 Å². The van der Waals surface area contributed by atoms with Crippen molar-refractivity contribution in [2.75, 3.05) is 0 Å². The van der Waals surface area contributed by atoms with E-state index < -0.39 is 23.2 Å². The molecule has 20 heavy (non-hydrogen) atoms. The van der Waals surface area contributed by atoms with Gasteiger partial charge in [-0.25, -0.2) is 0 Å². The molecule has 104 valence electrons. The van der Waals surface area contributed by atoms with E-state index in [0.717, 1.165) is 12.1 Å². The lowest BCUT2D eigenvalue weighted by atomic mass is 9.97. The van der Waals surface area contributed by atoms with E-state index in [4.69, 9.17) is 5.73 Å². The van der Waals surface area contributed by atoms with Gasteiger partial charge in [0.1, 0.15) is 0 Å². The molecule has 0 fully saturated rings. The third kappa shape index (κ3) is 2.71. The van der Waals surface area contributed by atoms with E-state index in [-0.39, 0.29) is 11.1 Å². The number of hydrogen-bond donors (Lipinski definition) is 2. The van der Waals surface area contributed by atoms with Gasteiger partial charge in [-0.1, -0.05) is 6.07 Å². The molecule has 0 aliphatic heterocycles. The second-order valence-electron chi connectivity index (χ2n) is 4.06. The number of amides is 1. The molecule has 1 amide bonds. The molecule has 0 bridgehead atoms. The van der Waals surface area contributed by atoms with Crippen LogP contribution in [0.1, 0.15) is 15.9 Å². The number of carbonyl (C=O) groups excluding carboxylic acids is 1. The minimum absolute atomic E-state index is 0.177. The second-order valence-corrected chi connectivity index (χ2v) is 4.06. The molecule has 0 spiro atoms. The van der Waals surface area contributed by atoms with Crippen molar-refractivity contribution >= 4 is 5.91 Å². The normalized spacial score (nSPS) is 11.3. The maximum Gasteiger partial charge on any atom is 0.416 e. The Hall–Kier alpha value is -2.57. The van der Waals surface area contributed by atoms with Crippen molar-refractivity contribution in [3.63, 3.8) is 0 Å². The van der Waals surface area contributed by atoms with E-state index in [0.29, 0.717) is 11.6 Å². The molecule has 0 aliphatic rings. The highest BCUT2D eigenvalue weighted by Crippen LogP contribution is 2.32. The van der Waals surface area contributed by atoms with Gasteiger partial charge >= 0.3 is 6.18 Å². The number of aromatic nitrogens is 1. The third-order valence-electron chi connectivity index (χ3n) is 2.70. The van der Waals surface area contributed by atoms with Crippen molar-refractivity contribution in [3.8, 4) is 11.1 Å². The Balaban J connectivity index is 2.65. The zero-order valence-electron chi connectivity index (χ0n) is 9.99. The first-order chi connectivity index (χ1) is 9.29. The van der Waals surface area contributed by atoms with Crippen LogP contribution in [0.25, 0.3) is 11.1 Å². The molecule has 0 unspecified atom stereocenters. The Kier molecular flexibility index (Phi) is 3.35. The number of primary amides is 1. The first kappa shape index (κ1) is 13.9. The molecule has 1 aromatic carbocycles. The van der Waals surface area contributed by atoms with Crippen LogP contribution in [0.15, 0.2) is 41.3 Å².